The summed E-state index contributed by atoms with van der Waals surface area (Å²) in [7, 11) is 0. The molecule has 1 aromatic rings. The highest BCUT2D eigenvalue weighted by atomic mass is 32.1. The molecule has 1 saturated heterocycles. The van der Waals surface area contributed by atoms with Crippen molar-refractivity contribution in [1.29, 1.82) is 0 Å². The molecule has 1 aliphatic rings. The minimum Gasteiger partial charge on any atom is -0.311 e. The third-order valence-corrected chi connectivity index (χ3v) is 5.09. The first-order chi connectivity index (χ1) is 9.55. The first-order valence-corrected chi connectivity index (χ1v) is 8.81. The number of nitrogens with one attached hydrogen (secondary N) is 1. The Morgan fingerprint density at radius 1 is 1.25 bits per heavy atom. The zero-order valence-corrected chi connectivity index (χ0v) is 14.1. The molecule has 1 fully saturated rings. The monoisotopic (exact) mass is 295 g/mol. The summed E-state index contributed by atoms with van der Waals surface area (Å²) in [4.78, 5) is 7.32. The fourth-order valence-corrected chi connectivity index (χ4v) is 3.47. The molecule has 0 spiro atoms. The van der Waals surface area contributed by atoms with Crippen LogP contribution in [0.5, 0.6) is 0 Å². The van der Waals surface area contributed by atoms with E-state index in [2.05, 4.69) is 36.4 Å². The van der Waals surface area contributed by atoms with Gasteiger partial charge in [-0.1, -0.05) is 27.2 Å². The van der Waals surface area contributed by atoms with E-state index in [0.717, 1.165) is 13.1 Å². The van der Waals surface area contributed by atoms with Crippen molar-refractivity contribution in [1.82, 2.24) is 15.2 Å². The summed E-state index contributed by atoms with van der Waals surface area (Å²) >= 11 is 1.78. The van der Waals surface area contributed by atoms with Crippen molar-refractivity contribution in [2.75, 3.05) is 26.2 Å². The van der Waals surface area contributed by atoms with Crippen LogP contribution in [-0.4, -0.2) is 36.1 Å². The normalized spacial score (nSPS) is 17.6. The topological polar surface area (TPSA) is 28.2 Å². The van der Waals surface area contributed by atoms with E-state index in [1.54, 1.807) is 11.3 Å². The summed E-state index contributed by atoms with van der Waals surface area (Å²) in [6, 6.07) is 0. The fourth-order valence-electron chi connectivity index (χ4n) is 2.56. The third kappa shape index (κ3) is 5.15. The SMILES string of the molecule is CC(C)(C)c1nc(CNCCCN2CCCCC2)cs1. The van der Waals surface area contributed by atoms with Crippen molar-refractivity contribution in [2.24, 2.45) is 0 Å². The van der Waals surface area contributed by atoms with E-state index < -0.39 is 0 Å². The van der Waals surface area contributed by atoms with Gasteiger partial charge in [0.25, 0.3) is 0 Å². The van der Waals surface area contributed by atoms with Crippen LogP contribution in [-0.2, 0) is 12.0 Å². The number of hydrogen-bond donors (Lipinski definition) is 1. The molecule has 4 heteroatoms. The predicted molar refractivity (Wildman–Crippen MR) is 87.4 cm³/mol. The van der Waals surface area contributed by atoms with Gasteiger partial charge in [0.1, 0.15) is 0 Å². The Hall–Kier alpha value is -0.450. The minimum atomic E-state index is 0.178. The first kappa shape index (κ1) is 15.9. The number of likely N-dealkylation sites (tertiary alicyclic amines) is 1. The maximum atomic E-state index is 4.71. The molecule has 0 unspecified atom stereocenters. The summed E-state index contributed by atoms with van der Waals surface area (Å²) < 4.78 is 0. The molecule has 3 nitrogen and oxygen atoms in total. The molecule has 0 saturated carbocycles. The Kier molecular flexibility index (Phi) is 6.00. The predicted octanol–water partition coefficient (Wildman–Crippen LogP) is 3.41. The van der Waals surface area contributed by atoms with Gasteiger partial charge in [-0.2, -0.15) is 0 Å². The van der Waals surface area contributed by atoms with Gasteiger partial charge in [-0.05, 0) is 45.4 Å². The molecule has 2 rings (SSSR count). The van der Waals surface area contributed by atoms with Crippen LogP contribution >= 0.6 is 11.3 Å². The molecule has 0 amide bonds. The maximum absolute atomic E-state index is 4.71. The van der Waals surface area contributed by atoms with E-state index in [0.29, 0.717) is 0 Å². The molecule has 1 aliphatic heterocycles. The number of nitrogens with zero attached hydrogens (tertiary/aromatic N) is 2. The van der Waals surface area contributed by atoms with Crippen LogP contribution in [0.25, 0.3) is 0 Å². The lowest BCUT2D eigenvalue weighted by Crippen LogP contribution is -2.32. The van der Waals surface area contributed by atoms with Crippen LogP contribution in [0.1, 0.15) is 57.2 Å². The lowest BCUT2D eigenvalue weighted by Gasteiger charge is -2.26. The van der Waals surface area contributed by atoms with Gasteiger partial charge in [0.2, 0.25) is 0 Å². The van der Waals surface area contributed by atoms with Gasteiger partial charge in [-0.15, -0.1) is 11.3 Å². The molecule has 0 aliphatic carbocycles. The van der Waals surface area contributed by atoms with Crippen molar-refractivity contribution < 1.29 is 0 Å². The lowest BCUT2D eigenvalue weighted by molar-refractivity contribution is 0.225. The van der Waals surface area contributed by atoms with Gasteiger partial charge < -0.3 is 10.2 Å². The second-order valence-corrected chi connectivity index (χ2v) is 7.68. The highest BCUT2D eigenvalue weighted by molar-refractivity contribution is 7.09. The van der Waals surface area contributed by atoms with Crippen molar-refractivity contribution in [3.63, 3.8) is 0 Å². The standard InChI is InChI=1S/C16H29N3S/c1-16(2,3)15-18-14(13-20-15)12-17-8-7-11-19-9-5-4-6-10-19/h13,17H,4-12H2,1-3H3. The summed E-state index contributed by atoms with van der Waals surface area (Å²) in [6.07, 6.45) is 5.45. The summed E-state index contributed by atoms with van der Waals surface area (Å²) in [5, 5.41) is 6.95. The molecule has 2 heterocycles. The highest BCUT2D eigenvalue weighted by Gasteiger charge is 2.17. The second-order valence-electron chi connectivity index (χ2n) is 6.83. The van der Waals surface area contributed by atoms with E-state index in [9.17, 15) is 0 Å². The number of aromatic nitrogens is 1. The number of piperidine rings is 1. The Labute approximate surface area is 127 Å². The average Bonchev–Trinajstić information content (AvgIpc) is 2.88. The Morgan fingerprint density at radius 3 is 2.65 bits per heavy atom. The zero-order valence-electron chi connectivity index (χ0n) is 13.2. The van der Waals surface area contributed by atoms with Gasteiger partial charge in [0.15, 0.2) is 0 Å². The molecule has 0 radical (unpaired) electrons. The van der Waals surface area contributed by atoms with E-state index >= 15 is 0 Å². The Bertz CT molecular complexity index is 389. The van der Waals surface area contributed by atoms with Gasteiger partial charge in [-0.25, -0.2) is 4.98 Å². The third-order valence-electron chi connectivity index (χ3n) is 3.78. The highest BCUT2D eigenvalue weighted by Crippen LogP contribution is 2.25. The number of thiazole rings is 1. The zero-order chi connectivity index (χ0) is 14.4. The quantitative estimate of drug-likeness (QED) is 0.815. The Balaban J connectivity index is 1.60. The molecule has 1 N–H and O–H groups in total. The lowest BCUT2D eigenvalue weighted by atomic mass is 9.98. The average molecular weight is 295 g/mol. The smallest absolute Gasteiger partial charge is 0.0982 e. The van der Waals surface area contributed by atoms with E-state index in [-0.39, 0.29) is 5.41 Å². The van der Waals surface area contributed by atoms with Gasteiger partial charge in [0, 0.05) is 17.3 Å². The fraction of sp³-hybridized carbons (Fsp3) is 0.812. The van der Waals surface area contributed by atoms with E-state index in [1.165, 1.54) is 56.0 Å². The minimum absolute atomic E-state index is 0.178. The second kappa shape index (κ2) is 7.53. The Morgan fingerprint density at radius 2 is 2.00 bits per heavy atom. The van der Waals surface area contributed by atoms with Crippen LogP contribution in [0, 0.1) is 0 Å². The molecule has 114 valence electrons. The molecule has 0 atom stereocenters. The maximum Gasteiger partial charge on any atom is 0.0982 e. The van der Waals surface area contributed by atoms with E-state index in [1.807, 2.05) is 0 Å². The van der Waals surface area contributed by atoms with E-state index in [4.69, 9.17) is 4.98 Å². The van der Waals surface area contributed by atoms with Crippen molar-refractivity contribution in [2.45, 2.75) is 58.4 Å². The largest absolute Gasteiger partial charge is 0.311 e. The van der Waals surface area contributed by atoms with Crippen LogP contribution < -0.4 is 5.32 Å². The molecule has 0 bridgehead atoms. The number of hydrogen-bond acceptors (Lipinski definition) is 4. The van der Waals surface area contributed by atoms with Crippen LogP contribution in [0.15, 0.2) is 5.38 Å². The van der Waals surface area contributed by atoms with Crippen molar-refractivity contribution >= 4 is 11.3 Å². The van der Waals surface area contributed by atoms with Gasteiger partial charge in [-0.3, -0.25) is 0 Å². The van der Waals surface area contributed by atoms with Gasteiger partial charge >= 0.3 is 0 Å². The van der Waals surface area contributed by atoms with Crippen LogP contribution in [0.2, 0.25) is 0 Å². The summed E-state index contributed by atoms with van der Waals surface area (Å²) in [5.41, 5.74) is 1.37. The molecular weight excluding hydrogens is 266 g/mol. The van der Waals surface area contributed by atoms with Crippen molar-refractivity contribution in [3.05, 3.63) is 16.1 Å². The van der Waals surface area contributed by atoms with Gasteiger partial charge in [0.05, 0.1) is 10.7 Å². The first-order valence-electron chi connectivity index (χ1n) is 7.94. The molecule has 0 aromatic carbocycles. The van der Waals surface area contributed by atoms with Crippen molar-refractivity contribution in [3.8, 4) is 0 Å². The number of rotatable bonds is 6. The summed E-state index contributed by atoms with van der Waals surface area (Å²) in [6.45, 7) is 12.5. The molecular formula is C16H29N3S. The summed E-state index contributed by atoms with van der Waals surface area (Å²) in [5.74, 6) is 0. The van der Waals surface area contributed by atoms with Crippen LogP contribution in [0.3, 0.4) is 0 Å². The molecule has 1 aromatic heterocycles. The van der Waals surface area contributed by atoms with Crippen LogP contribution in [0.4, 0.5) is 0 Å². The molecule has 20 heavy (non-hydrogen) atoms.